The van der Waals surface area contributed by atoms with E-state index >= 15 is 0 Å². The van der Waals surface area contributed by atoms with E-state index in [0.717, 1.165) is 18.7 Å². The highest BCUT2D eigenvalue weighted by Crippen LogP contribution is 2.33. The number of hydrogen-bond donors (Lipinski definition) is 1. The van der Waals surface area contributed by atoms with Gasteiger partial charge in [-0.2, -0.15) is 0 Å². The molecule has 4 heteroatoms. The molecule has 0 aliphatic carbocycles. The normalized spacial score (nSPS) is 15.4. The van der Waals surface area contributed by atoms with E-state index in [1.54, 1.807) is 4.90 Å². The Bertz CT molecular complexity index is 776. The van der Waals surface area contributed by atoms with Crippen LogP contribution in [-0.2, 0) is 6.54 Å². The van der Waals surface area contributed by atoms with E-state index in [1.807, 2.05) is 25.2 Å². The Morgan fingerprint density at radius 3 is 2.29 bits per heavy atom. The highest BCUT2D eigenvalue weighted by Gasteiger charge is 2.29. The lowest BCUT2D eigenvalue weighted by atomic mass is 9.82. The van der Waals surface area contributed by atoms with Gasteiger partial charge in [0.15, 0.2) is 0 Å². The molecule has 0 saturated carbocycles. The van der Waals surface area contributed by atoms with Gasteiger partial charge in [-0.15, -0.1) is 0 Å². The minimum Gasteiger partial charge on any atom is -0.371 e. The number of rotatable bonds is 5. The van der Waals surface area contributed by atoms with Crippen LogP contribution >= 0.6 is 0 Å². The van der Waals surface area contributed by atoms with Gasteiger partial charge in [-0.1, -0.05) is 69.3 Å². The average Bonchev–Trinajstić information content (AvgIpc) is 3.20. The number of carbonyl (C=O) groups excluding carboxylic acids is 1. The van der Waals surface area contributed by atoms with Crippen molar-refractivity contribution in [1.29, 1.82) is 0 Å². The molecule has 1 heterocycles. The minimum atomic E-state index is -0.0781. The number of hydrogen-bond acceptors (Lipinski definition) is 2. The van der Waals surface area contributed by atoms with E-state index in [4.69, 9.17) is 0 Å². The SMILES string of the molecule is CN(Cc1ccccc1N1CCCC1)C(=O)NC(c1ccccc1)C(C)(C)C. The van der Waals surface area contributed by atoms with Crippen molar-refractivity contribution >= 4 is 11.7 Å². The maximum Gasteiger partial charge on any atom is 0.317 e. The van der Waals surface area contributed by atoms with Gasteiger partial charge in [0.25, 0.3) is 0 Å². The van der Waals surface area contributed by atoms with Crippen LogP contribution in [0.15, 0.2) is 54.6 Å². The molecule has 1 N–H and O–H groups in total. The van der Waals surface area contributed by atoms with Gasteiger partial charge in [-0.05, 0) is 35.4 Å². The molecule has 1 atom stereocenters. The van der Waals surface area contributed by atoms with Gasteiger partial charge in [0.1, 0.15) is 0 Å². The number of carbonyl (C=O) groups is 1. The summed E-state index contributed by atoms with van der Waals surface area (Å²) >= 11 is 0. The summed E-state index contributed by atoms with van der Waals surface area (Å²) in [5, 5.41) is 3.26. The highest BCUT2D eigenvalue weighted by molar-refractivity contribution is 5.75. The molecule has 3 rings (SSSR count). The standard InChI is InChI=1S/C24H33N3O/c1-24(2,3)22(19-12-6-5-7-13-19)25-23(28)26(4)18-20-14-8-9-15-21(20)27-16-10-11-17-27/h5-9,12-15,22H,10-11,16-18H2,1-4H3,(H,25,28). The largest absolute Gasteiger partial charge is 0.371 e. The molecular weight excluding hydrogens is 346 g/mol. The topological polar surface area (TPSA) is 35.6 Å². The summed E-state index contributed by atoms with van der Waals surface area (Å²) < 4.78 is 0. The molecule has 2 aromatic carbocycles. The number of nitrogens with one attached hydrogen (secondary N) is 1. The van der Waals surface area contributed by atoms with Gasteiger partial charge in [-0.3, -0.25) is 0 Å². The summed E-state index contributed by atoms with van der Waals surface area (Å²) in [4.78, 5) is 17.2. The lowest BCUT2D eigenvalue weighted by molar-refractivity contribution is 0.187. The Morgan fingerprint density at radius 1 is 1.04 bits per heavy atom. The van der Waals surface area contributed by atoms with Crippen molar-refractivity contribution in [3.05, 3.63) is 65.7 Å². The molecule has 1 unspecified atom stereocenters. The Labute approximate surface area is 169 Å². The van der Waals surface area contributed by atoms with Gasteiger partial charge < -0.3 is 15.1 Å². The molecule has 28 heavy (non-hydrogen) atoms. The zero-order valence-corrected chi connectivity index (χ0v) is 17.6. The van der Waals surface area contributed by atoms with E-state index < -0.39 is 0 Å². The highest BCUT2D eigenvalue weighted by atomic mass is 16.2. The summed E-state index contributed by atoms with van der Waals surface area (Å²) in [5.74, 6) is 0. The van der Waals surface area contributed by atoms with Crippen molar-refractivity contribution in [1.82, 2.24) is 10.2 Å². The first-order valence-corrected chi connectivity index (χ1v) is 10.3. The van der Waals surface area contributed by atoms with Crippen LogP contribution in [0.5, 0.6) is 0 Å². The molecule has 4 nitrogen and oxygen atoms in total. The molecule has 2 amide bonds. The Balaban J connectivity index is 1.72. The molecular formula is C24H33N3O. The summed E-state index contributed by atoms with van der Waals surface area (Å²) in [6.07, 6.45) is 2.49. The second kappa shape index (κ2) is 8.68. The van der Waals surface area contributed by atoms with Crippen molar-refractivity contribution in [3.8, 4) is 0 Å². The predicted octanol–water partition coefficient (Wildman–Crippen LogP) is 5.22. The molecule has 1 fully saturated rings. The van der Waals surface area contributed by atoms with Crippen LogP contribution in [0.4, 0.5) is 10.5 Å². The summed E-state index contributed by atoms with van der Waals surface area (Å²) in [6.45, 7) is 9.29. The first-order chi connectivity index (χ1) is 13.4. The average molecular weight is 380 g/mol. The number of para-hydroxylation sites is 1. The molecule has 1 aliphatic rings. The van der Waals surface area contributed by atoms with Crippen molar-refractivity contribution in [2.45, 2.75) is 46.2 Å². The maximum atomic E-state index is 13.0. The van der Waals surface area contributed by atoms with Crippen molar-refractivity contribution in [2.75, 3.05) is 25.0 Å². The molecule has 1 aliphatic heterocycles. The Hall–Kier alpha value is -2.49. The second-order valence-corrected chi connectivity index (χ2v) is 8.84. The van der Waals surface area contributed by atoms with E-state index in [0.29, 0.717) is 6.54 Å². The molecule has 1 saturated heterocycles. The lowest BCUT2D eigenvalue weighted by Gasteiger charge is -2.34. The molecule has 0 radical (unpaired) electrons. The molecule has 0 bridgehead atoms. The zero-order valence-electron chi connectivity index (χ0n) is 17.6. The first-order valence-electron chi connectivity index (χ1n) is 10.3. The third kappa shape index (κ3) is 4.86. The van der Waals surface area contributed by atoms with Crippen LogP contribution in [0.25, 0.3) is 0 Å². The second-order valence-electron chi connectivity index (χ2n) is 8.84. The van der Waals surface area contributed by atoms with E-state index in [9.17, 15) is 4.79 Å². The quantitative estimate of drug-likeness (QED) is 0.773. The van der Waals surface area contributed by atoms with Crippen LogP contribution < -0.4 is 10.2 Å². The third-order valence-corrected chi connectivity index (χ3v) is 5.46. The Kier molecular flexibility index (Phi) is 6.28. The summed E-state index contributed by atoms with van der Waals surface area (Å²) in [7, 11) is 1.88. The molecule has 2 aromatic rings. The van der Waals surface area contributed by atoms with Gasteiger partial charge in [0, 0.05) is 32.4 Å². The summed E-state index contributed by atoms with van der Waals surface area (Å²) in [5.41, 5.74) is 3.52. The van der Waals surface area contributed by atoms with Gasteiger partial charge in [0.05, 0.1) is 6.04 Å². The van der Waals surface area contributed by atoms with Crippen LogP contribution in [0.2, 0.25) is 0 Å². The van der Waals surface area contributed by atoms with E-state index in [1.165, 1.54) is 24.1 Å². The first kappa shape index (κ1) is 20.2. The van der Waals surface area contributed by atoms with Crippen molar-refractivity contribution < 1.29 is 4.79 Å². The van der Waals surface area contributed by atoms with Crippen molar-refractivity contribution in [3.63, 3.8) is 0 Å². The fourth-order valence-electron chi connectivity index (χ4n) is 3.92. The third-order valence-electron chi connectivity index (χ3n) is 5.46. The maximum absolute atomic E-state index is 13.0. The number of benzene rings is 2. The van der Waals surface area contributed by atoms with Crippen LogP contribution in [0.3, 0.4) is 0 Å². The van der Waals surface area contributed by atoms with Gasteiger partial charge in [-0.25, -0.2) is 4.79 Å². The molecule has 0 spiro atoms. The lowest BCUT2D eigenvalue weighted by Crippen LogP contribution is -2.43. The summed E-state index contributed by atoms with van der Waals surface area (Å²) in [6, 6.07) is 18.6. The van der Waals surface area contributed by atoms with Gasteiger partial charge in [0.2, 0.25) is 0 Å². The van der Waals surface area contributed by atoms with E-state index in [2.05, 4.69) is 67.4 Å². The van der Waals surface area contributed by atoms with Crippen molar-refractivity contribution in [2.24, 2.45) is 5.41 Å². The number of urea groups is 1. The van der Waals surface area contributed by atoms with Crippen LogP contribution in [0, 0.1) is 5.41 Å². The monoisotopic (exact) mass is 379 g/mol. The smallest absolute Gasteiger partial charge is 0.317 e. The fraction of sp³-hybridized carbons (Fsp3) is 0.458. The Morgan fingerprint density at radius 2 is 1.64 bits per heavy atom. The van der Waals surface area contributed by atoms with Gasteiger partial charge >= 0.3 is 6.03 Å². The van der Waals surface area contributed by atoms with E-state index in [-0.39, 0.29) is 17.5 Å². The van der Waals surface area contributed by atoms with Crippen LogP contribution in [-0.4, -0.2) is 31.1 Å². The molecule has 150 valence electrons. The number of anilines is 1. The zero-order chi connectivity index (χ0) is 20.1. The number of amides is 2. The number of nitrogens with zero attached hydrogens (tertiary/aromatic N) is 2. The minimum absolute atomic E-state index is 0.0417. The fourth-order valence-corrected chi connectivity index (χ4v) is 3.92. The van der Waals surface area contributed by atoms with Crippen LogP contribution in [0.1, 0.15) is 50.8 Å². The predicted molar refractivity (Wildman–Crippen MR) is 117 cm³/mol. The molecule has 0 aromatic heterocycles.